The normalized spacial score (nSPS) is 21.6. The average molecular weight is 376 g/mol. The maximum Gasteiger partial charge on any atom is 0.0498 e. The molecule has 4 heteroatoms. The number of rotatable bonds is 4. The fraction of sp³-hybridized carbons (Fsp3) is 0.571. The van der Waals surface area contributed by atoms with E-state index in [4.69, 9.17) is 0 Å². The van der Waals surface area contributed by atoms with Crippen LogP contribution in [0.2, 0.25) is 0 Å². The molecule has 1 heterocycles. The molecule has 0 aromatic heterocycles. The summed E-state index contributed by atoms with van der Waals surface area (Å²) in [6, 6.07) is 7.38. The van der Waals surface area contributed by atoms with Gasteiger partial charge in [-0.25, -0.2) is 0 Å². The van der Waals surface area contributed by atoms with E-state index in [1.165, 1.54) is 32.2 Å². The molecule has 2 unspecified atom stereocenters. The van der Waals surface area contributed by atoms with Crippen molar-refractivity contribution in [1.82, 2.24) is 5.32 Å². The lowest BCUT2D eigenvalue weighted by atomic mass is 9.99. The molecule has 18 heavy (non-hydrogen) atoms. The fourth-order valence-corrected chi connectivity index (χ4v) is 3.21. The van der Waals surface area contributed by atoms with Gasteiger partial charge in [0.25, 0.3) is 0 Å². The van der Waals surface area contributed by atoms with E-state index < -0.39 is 0 Å². The van der Waals surface area contributed by atoms with Gasteiger partial charge < -0.3 is 10.6 Å². The summed E-state index contributed by atoms with van der Waals surface area (Å²) in [5.41, 5.74) is 1.16. The van der Waals surface area contributed by atoms with Gasteiger partial charge in [0.15, 0.2) is 0 Å². The van der Waals surface area contributed by atoms with Crippen molar-refractivity contribution in [3.8, 4) is 0 Å². The van der Waals surface area contributed by atoms with Crippen molar-refractivity contribution in [2.75, 3.05) is 11.9 Å². The summed E-state index contributed by atoms with van der Waals surface area (Å²) in [6.07, 6.45) is 5.19. The van der Waals surface area contributed by atoms with Crippen LogP contribution in [0, 0.1) is 0 Å². The molecule has 0 amide bonds. The third-order valence-electron chi connectivity index (χ3n) is 3.38. The van der Waals surface area contributed by atoms with Crippen molar-refractivity contribution in [3.63, 3.8) is 0 Å². The van der Waals surface area contributed by atoms with Gasteiger partial charge in [-0.3, -0.25) is 0 Å². The topological polar surface area (TPSA) is 24.1 Å². The van der Waals surface area contributed by atoms with Crippen molar-refractivity contribution < 1.29 is 0 Å². The van der Waals surface area contributed by atoms with Crippen LogP contribution in [0.3, 0.4) is 0 Å². The zero-order chi connectivity index (χ0) is 13.0. The molecular formula is C14H20Br2N2. The molecule has 0 radical (unpaired) electrons. The SMILES string of the molecule is CC(CC1CCCCN1)Nc1cc(Br)ccc1Br. The van der Waals surface area contributed by atoms with Gasteiger partial charge in [-0.15, -0.1) is 0 Å². The van der Waals surface area contributed by atoms with Crippen LogP contribution in [0.4, 0.5) is 5.69 Å². The molecule has 2 nitrogen and oxygen atoms in total. The van der Waals surface area contributed by atoms with Crippen LogP contribution in [0.1, 0.15) is 32.6 Å². The second kappa shape index (κ2) is 6.92. The number of piperidine rings is 1. The summed E-state index contributed by atoms with van der Waals surface area (Å²) >= 11 is 7.10. The Morgan fingerprint density at radius 1 is 1.39 bits per heavy atom. The molecule has 1 saturated heterocycles. The van der Waals surface area contributed by atoms with E-state index in [-0.39, 0.29) is 0 Å². The smallest absolute Gasteiger partial charge is 0.0498 e. The number of nitrogens with one attached hydrogen (secondary N) is 2. The Labute approximate surface area is 126 Å². The van der Waals surface area contributed by atoms with Crippen LogP contribution < -0.4 is 10.6 Å². The summed E-state index contributed by atoms with van der Waals surface area (Å²) in [7, 11) is 0. The molecule has 2 rings (SSSR count). The van der Waals surface area contributed by atoms with Crippen molar-refractivity contribution >= 4 is 37.5 Å². The van der Waals surface area contributed by atoms with Gasteiger partial charge in [0, 0.05) is 26.7 Å². The molecule has 0 spiro atoms. The number of hydrogen-bond acceptors (Lipinski definition) is 2. The summed E-state index contributed by atoms with van der Waals surface area (Å²) in [6.45, 7) is 3.43. The third-order valence-corrected chi connectivity index (χ3v) is 4.57. The quantitative estimate of drug-likeness (QED) is 0.806. The molecule has 1 aromatic carbocycles. The Hall–Kier alpha value is -0.0600. The van der Waals surface area contributed by atoms with Gasteiger partial charge in [0.1, 0.15) is 0 Å². The van der Waals surface area contributed by atoms with E-state index in [0.717, 1.165) is 14.6 Å². The van der Waals surface area contributed by atoms with Gasteiger partial charge in [-0.05, 0) is 66.9 Å². The van der Waals surface area contributed by atoms with E-state index in [1.54, 1.807) is 0 Å². The highest BCUT2D eigenvalue weighted by atomic mass is 79.9. The summed E-state index contributed by atoms with van der Waals surface area (Å²) < 4.78 is 2.23. The average Bonchev–Trinajstić information content (AvgIpc) is 2.35. The lowest BCUT2D eigenvalue weighted by molar-refractivity contribution is 0.371. The minimum absolute atomic E-state index is 0.478. The predicted molar refractivity (Wildman–Crippen MR) is 85.2 cm³/mol. The van der Waals surface area contributed by atoms with E-state index in [2.05, 4.69) is 61.5 Å². The first-order valence-corrected chi connectivity index (χ1v) is 8.18. The van der Waals surface area contributed by atoms with Crippen molar-refractivity contribution in [2.24, 2.45) is 0 Å². The minimum atomic E-state index is 0.478. The zero-order valence-corrected chi connectivity index (χ0v) is 13.9. The van der Waals surface area contributed by atoms with Gasteiger partial charge in [0.2, 0.25) is 0 Å². The standard InChI is InChI=1S/C14H20Br2N2/c1-10(8-12-4-2-3-7-17-12)18-14-9-11(15)5-6-13(14)16/h5-6,9-10,12,17-18H,2-4,7-8H2,1H3. The maximum atomic E-state index is 3.60. The second-order valence-corrected chi connectivity index (χ2v) is 6.82. The Morgan fingerprint density at radius 2 is 2.22 bits per heavy atom. The van der Waals surface area contributed by atoms with Gasteiger partial charge in [-0.1, -0.05) is 22.4 Å². The van der Waals surface area contributed by atoms with Crippen LogP contribution in [-0.4, -0.2) is 18.6 Å². The molecule has 0 aliphatic carbocycles. The molecular weight excluding hydrogens is 356 g/mol. The number of benzene rings is 1. The number of hydrogen-bond donors (Lipinski definition) is 2. The molecule has 2 atom stereocenters. The lowest BCUT2D eigenvalue weighted by Gasteiger charge is -2.27. The summed E-state index contributed by atoms with van der Waals surface area (Å²) in [5, 5.41) is 7.18. The number of anilines is 1. The fourth-order valence-electron chi connectivity index (χ4n) is 2.48. The van der Waals surface area contributed by atoms with Crippen molar-refractivity contribution in [2.45, 2.75) is 44.7 Å². The van der Waals surface area contributed by atoms with E-state index in [9.17, 15) is 0 Å². The highest BCUT2D eigenvalue weighted by Crippen LogP contribution is 2.27. The monoisotopic (exact) mass is 374 g/mol. The molecule has 1 aromatic rings. The van der Waals surface area contributed by atoms with Crippen LogP contribution in [0.15, 0.2) is 27.1 Å². The molecule has 100 valence electrons. The van der Waals surface area contributed by atoms with Gasteiger partial charge >= 0.3 is 0 Å². The van der Waals surface area contributed by atoms with Gasteiger partial charge in [-0.2, -0.15) is 0 Å². The Kier molecular flexibility index (Phi) is 5.52. The predicted octanol–water partition coefficient (Wildman–Crippen LogP) is 4.54. The Morgan fingerprint density at radius 3 is 2.94 bits per heavy atom. The van der Waals surface area contributed by atoms with Crippen molar-refractivity contribution in [1.29, 1.82) is 0 Å². The van der Waals surface area contributed by atoms with Crippen LogP contribution in [0.25, 0.3) is 0 Å². The zero-order valence-electron chi connectivity index (χ0n) is 10.7. The third kappa shape index (κ3) is 4.25. The maximum absolute atomic E-state index is 3.60. The van der Waals surface area contributed by atoms with Crippen LogP contribution in [0.5, 0.6) is 0 Å². The van der Waals surface area contributed by atoms with Crippen LogP contribution in [-0.2, 0) is 0 Å². The largest absolute Gasteiger partial charge is 0.382 e. The first-order valence-electron chi connectivity index (χ1n) is 6.60. The van der Waals surface area contributed by atoms with E-state index in [0.29, 0.717) is 12.1 Å². The van der Waals surface area contributed by atoms with Gasteiger partial charge in [0.05, 0.1) is 0 Å². The molecule has 1 aliphatic rings. The van der Waals surface area contributed by atoms with E-state index >= 15 is 0 Å². The highest BCUT2D eigenvalue weighted by Gasteiger charge is 2.16. The number of halogens is 2. The molecule has 2 N–H and O–H groups in total. The second-order valence-electron chi connectivity index (χ2n) is 5.05. The molecule has 0 bridgehead atoms. The minimum Gasteiger partial charge on any atom is -0.382 e. The first-order chi connectivity index (χ1) is 8.65. The molecule has 0 saturated carbocycles. The first kappa shape index (κ1) is 14.4. The lowest BCUT2D eigenvalue weighted by Crippen LogP contribution is -2.37. The van der Waals surface area contributed by atoms with Crippen LogP contribution >= 0.6 is 31.9 Å². The van der Waals surface area contributed by atoms with E-state index in [1.807, 2.05) is 6.07 Å². The highest BCUT2D eigenvalue weighted by molar-refractivity contribution is 9.11. The Bertz CT molecular complexity index is 389. The summed E-state index contributed by atoms with van der Waals surface area (Å²) in [4.78, 5) is 0. The summed E-state index contributed by atoms with van der Waals surface area (Å²) in [5.74, 6) is 0. The molecule has 1 aliphatic heterocycles. The Balaban J connectivity index is 1.89. The van der Waals surface area contributed by atoms with Crippen molar-refractivity contribution in [3.05, 3.63) is 27.1 Å². The molecule has 1 fully saturated rings.